The Labute approximate surface area is 101 Å². The Balaban J connectivity index is 0.00000128. The lowest BCUT2D eigenvalue weighted by atomic mass is 9.88. The van der Waals surface area contributed by atoms with E-state index in [1.807, 2.05) is 30.3 Å². The fourth-order valence-corrected chi connectivity index (χ4v) is 2.30. The fraction of sp³-hybridized carbons (Fsp3) is 0.417. The second-order valence-corrected chi connectivity index (χ2v) is 4.19. The molecule has 0 amide bonds. The smallest absolute Gasteiger partial charge is 0.225 e. The van der Waals surface area contributed by atoms with E-state index < -0.39 is 5.54 Å². The maximum absolute atomic E-state index is 12.2. The van der Waals surface area contributed by atoms with Gasteiger partial charge in [-0.15, -0.1) is 0 Å². The van der Waals surface area contributed by atoms with Crippen LogP contribution >= 0.6 is 0 Å². The third kappa shape index (κ3) is 2.26. The first-order chi connectivity index (χ1) is 7.28. The van der Waals surface area contributed by atoms with E-state index in [-0.39, 0.29) is 18.2 Å². The van der Waals surface area contributed by atoms with Crippen molar-refractivity contribution in [2.24, 2.45) is 0 Å². The average Bonchev–Trinajstić information content (AvgIpc) is 2.79. The Bertz CT molecular complexity index is 347. The number of benzene rings is 1. The largest absolute Gasteiger partial charge is 1.00 e. The van der Waals surface area contributed by atoms with E-state index in [4.69, 9.17) is 0 Å². The highest BCUT2D eigenvalue weighted by Gasteiger charge is 2.45. The van der Waals surface area contributed by atoms with Gasteiger partial charge in [0.2, 0.25) is 5.78 Å². The molecule has 1 aromatic rings. The fourth-order valence-electron chi connectivity index (χ4n) is 2.30. The number of hydrogen-bond donors (Lipinski definition) is 2. The van der Waals surface area contributed by atoms with Crippen molar-refractivity contribution in [1.82, 2.24) is 0 Å². The summed E-state index contributed by atoms with van der Waals surface area (Å²) in [6.45, 7) is 0. The van der Waals surface area contributed by atoms with E-state index in [1.54, 1.807) is 0 Å². The monoisotopic (exact) mass is 241 g/mol. The van der Waals surface area contributed by atoms with Gasteiger partial charge in [0.05, 0.1) is 0 Å². The molecule has 0 unspecified atom stereocenters. The molecule has 1 aromatic carbocycles. The van der Waals surface area contributed by atoms with Gasteiger partial charge < -0.3 is 12.4 Å². The molecule has 1 aliphatic rings. The third-order valence-electron chi connectivity index (χ3n) is 3.23. The Morgan fingerprint density at radius 2 is 1.75 bits per heavy atom. The van der Waals surface area contributed by atoms with Gasteiger partial charge in [0, 0.05) is 18.4 Å². The molecule has 16 heavy (non-hydrogen) atoms. The van der Waals surface area contributed by atoms with Crippen LogP contribution in [0.3, 0.4) is 0 Å². The number of quaternary nitrogens is 1. The van der Waals surface area contributed by atoms with Crippen molar-refractivity contribution in [3.63, 3.8) is 0 Å². The molecule has 0 atom stereocenters. The van der Waals surface area contributed by atoms with Gasteiger partial charge in [0.1, 0.15) is 0 Å². The van der Waals surface area contributed by atoms with Gasteiger partial charge in [-0.1, -0.05) is 30.3 Å². The Kier molecular flexibility index (Phi) is 4.47. The molecule has 4 heteroatoms. The molecule has 88 valence electrons. The molecule has 2 rings (SSSR count). The highest BCUT2D eigenvalue weighted by atomic mass is 35.5. The minimum absolute atomic E-state index is 0. The predicted octanol–water partition coefficient (Wildman–Crippen LogP) is -1.86. The average molecular weight is 242 g/mol. The van der Waals surface area contributed by atoms with Crippen molar-refractivity contribution in [3.05, 3.63) is 35.9 Å². The first kappa shape index (κ1) is 13.2. The molecule has 0 saturated heterocycles. The van der Waals surface area contributed by atoms with Gasteiger partial charge in [0.25, 0.3) is 0 Å². The molecule has 3 N–H and O–H groups in total. The minimum atomic E-state index is -0.610. The summed E-state index contributed by atoms with van der Waals surface area (Å²) in [4.78, 5) is 12.2. The molecule has 0 radical (unpaired) electrons. The summed E-state index contributed by atoms with van der Waals surface area (Å²) in [6, 6.07) is 9.22. The molecular formula is C12H16ClNO2. The van der Waals surface area contributed by atoms with Crippen molar-refractivity contribution in [3.8, 4) is 0 Å². The molecular weight excluding hydrogens is 226 g/mol. The van der Waals surface area contributed by atoms with Crippen LogP contribution in [-0.4, -0.2) is 16.5 Å². The molecule has 1 saturated carbocycles. The van der Waals surface area contributed by atoms with Gasteiger partial charge in [-0.25, -0.2) is 5.21 Å². The lowest BCUT2D eigenvalue weighted by Crippen LogP contribution is -3.00. The van der Waals surface area contributed by atoms with Crippen LogP contribution in [0.25, 0.3) is 0 Å². The zero-order valence-electron chi connectivity index (χ0n) is 9.03. The van der Waals surface area contributed by atoms with Crippen LogP contribution in [-0.2, 0) is 0 Å². The molecule has 1 aliphatic carbocycles. The van der Waals surface area contributed by atoms with Gasteiger partial charge in [-0.05, 0) is 12.8 Å². The summed E-state index contributed by atoms with van der Waals surface area (Å²) < 4.78 is 0. The number of rotatable bonds is 3. The third-order valence-corrected chi connectivity index (χ3v) is 3.23. The SMILES string of the molecule is O=C(c1ccccc1)C1([NH2+]O)CCCC1.[Cl-]. The van der Waals surface area contributed by atoms with Crippen molar-refractivity contribution < 1.29 is 27.9 Å². The second kappa shape index (κ2) is 5.43. The van der Waals surface area contributed by atoms with Crippen LogP contribution in [0.1, 0.15) is 36.0 Å². The summed E-state index contributed by atoms with van der Waals surface area (Å²) in [5, 5.41) is 9.30. The maximum Gasteiger partial charge on any atom is 0.225 e. The lowest BCUT2D eigenvalue weighted by molar-refractivity contribution is -0.924. The molecule has 0 aliphatic heterocycles. The first-order valence-corrected chi connectivity index (χ1v) is 5.37. The molecule has 0 spiro atoms. The van der Waals surface area contributed by atoms with E-state index in [0.29, 0.717) is 5.56 Å². The summed E-state index contributed by atoms with van der Waals surface area (Å²) in [6.07, 6.45) is 3.60. The number of ketones is 1. The highest BCUT2D eigenvalue weighted by Crippen LogP contribution is 2.29. The van der Waals surface area contributed by atoms with Gasteiger partial charge >= 0.3 is 0 Å². The van der Waals surface area contributed by atoms with Gasteiger partial charge in [0.15, 0.2) is 5.54 Å². The van der Waals surface area contributed by atoms with Crippen LogP contribution in [0.15, 0.2) is 30.3 Å². The second-order valence-electron chi connectivity index (χ2n) is 4.19. The highest BCUT2D eigenvalue weighted by molar-refractivity contribution is 6.02. The van der Waals surface area contributed by atoms with Crippen molar-refractivity contribution in [2.45, 2.75) is 31.2 Å². The summed E-state index contributed by atoms with van der Waals surface area (Å²) in [5.74, 6) is 0.0584. The van der Waals surface area contributed by atoms with Crippen molar-refractivity contribution in [1.29, 1.82) is 0 Å². The van der Waals surface area contributed by atoms with Gasteiger partial charge in [-0.3, -0.25) is 4.79 Å². The van der Waals surface area contributed by atoms with Crippen LogP contribution < -0.4 is 17.9 Å². The van der Waals surface area contributed by atoms with E-state index in [2.05, 4.69) is 0 Å². The Morgan fingerprint density at radius 1 is 1.19 bits per heavy atom. The van der Waals surface area contributed by atoms with Gasteiger partial charge in [-0.2, -0.15) is 5.48 Å². The number of carbonyl (C=O) groups is 1. The van der Waals surface area contributed by atoms with Crippen LogP contribution in [0.5, 0.6) is 0 Å². The van der Waals surface area contributed by atoms with E-state index >= 15 is 0 Å². The zero-order valence-corrected chi connectivity index (χ0v) is 9.78. The quantitative estimate of drug-likeness (QED) is 0.482. The number of hydroxylamine groups is 1. The van der Waals surface area contributed by atoms with E-state index in [0.717, 1.165) is 31.2 Å². The predicted molar refractivity (Wildman–Crippen MR) is 55.7 cm³/mol. The summed E-state index contributed by atoms with van der Waals surface area (Å²) in [5.41, 5.74) is 1.20. The molecule has 0 bridgehead atoms. The van der Waals surface area contributed by atoms with Crippen molar-refractivity contribution in [2.75, 3.05) is 0 Å². The number of Topliss-reactive ketones (excluding diaryl/α,β-unsaturated/α-hetero) is 1. The molecule has 0 heterocycles. The number of halogens is 1. The van der Waals surface area contributed by atoms with E-state index in [9.17, 15) is 10.0 Å². The number of hydrogen-bond acceptors (Lipinski definition) is 2. The maximum atomic E-state index is 12.2. The summed E-state index contributed by atoms with van der Waals surface area (Å²) >= 11 is 0. The zero-order chi connectivity index (χ0) is 10.7. The number of carbonyl (C=O) groups excluding carboxylic acids is 1. The first-order valence-electron chi connectivity index (χ1n) is 5.37. The molecule has 3 nitrogen and oxygen atoms in total. The normalized spacial score (nSPS) is 17.8. The van der Waals surface area contributed by atoms with Crippen molar-refractivity contribution >= 4 is 5.78 Å². The Morgan fingerprint density at radius 3 is 2.25 bits per heavy atom. The standard InChI is InChI=1S/C12H15NO2.ClH/c14-11(10-6-2-1-3-7-10)12(13-15)8-4-5-9-12;/h1-3,6-7,13,15H,4-5,8-9H2;1H. The topological polar surface area (TPSA) is 53.9 Å². The van der Waals surface area contributed by atoms with Crippen LogP contribution in [0.2, 0.25) is 0 Å². The Hall–Kier alpha value is -0.900. The molecule has 0 aromatic heterocycles. The van der Waals surface area contributed by atoms with E-state index in [1.165, 1.54) is 0 Å². The summed E-state index contributed by atoms with van der Waals surface area (Å²) in [7, 11) is 0. The van der Waals surface area contributed by atoms with Crippen LogP contribution in [0.4, 0.5) is 0 Å². The minimum Gasteiger partial charge on any atom is -1.00 e. The lowest BCUT2D eigenvalue weighted by Gasteiger charge is -2.20. The van der Waals surface area contributed by atoms with Crippen LogP contribution in [0, 0.1) is 0 Å². The molecule has 1 fully saturated rings. The number of nitrogens with two attached hydrogens (primary N) is 1.